The number of imide groups is 1. The molecule has 3 rings (SSSR count). The minimum Gasteiger partial charge on any atom is -0.342 e. The highest BCUT2D eigenvalue weighted by atomic mass is 32.2. The summed E-state index contributed by atoms with van der Waals surface area (Å²) in [5, 5.41) is 5.00. The van der Waals surface area contributed by atoms with Gasteiger partial charge in [-0.05, 0) is 36.0 Å². The Labute approximate surface area is 158 Å². The highest BCUT2D eigenvalue weighted by Crippen LogP contribution is 2.28. The number of nitrogens with one attached hydrogen (secondary N) is 2. The molecule has 2 aliphatic rings. The maximum atomic E-state index is 12.5. The molecule has 0 atom stereocenters. The quantitative estimate of drug-likeness (QED) is 0.628. The number of urea groups is 1. The molecule has 2 aliphatic heterocycles. The van der Waals surface area contributed by atoms with Gasteiger partial charge >= 0.3 is 6.03 Å². The summed E-state index contributed by atoms with van der Waals surface area (Å²) in [5.74, 6) is 0.165. The van der Waals surface area contributed by atoms with Gasteiger partial charge in [-0.3, -0.25) is 14.9 Å². The van der Waals surface area contributed by atoms with Crippen molar-refractivity contribution < 1.29 is 14.4 Å². The van der Waals surface area contributed by atoms with E-state index in [9.17, 15) is 14.4 Å². The third-order valence-corrected chi connectivity index (χ3v) is 6.06. The Kier molecular flexibility index (Phi) is 5.01. The van der Waals surface area contributed by atoms with E-state index in [0.717, 1.165) is 4.90 Å². The zero-order valence-electron chi connectivity index (χ0n) is 15.4. The van der Waals surface area contributed by atoms with E-state index in [1.165, 1.54) is 17.3 Å². The minimum absolute atomic E-state index is 0.0643. The predicted octanol–water partition coefficient (Wildman–Crippen LogP) is 2.28. The van der Waals surface area contributed by atoms with Crippen molar-refractivity contribution in [2.75, 3.05) is 18.8 Å². The van der Waals surface area contributed by atoms with E-state index < -0.39 is 11.6 Å². The average Bonchev–Trinajstić information content (AvgIpc) is 2.86. The summed E-state index contributed by atoms with van der Waals surface area (Å²) in [4.78, 5) is 38.6. The smallest absolute Gasteiger partial charge is 0.322 e. The number of likely N-dealkylation sites (tertiary alicyclic amines) is 1. The maximum Gasteiger partial charge on any atom is 0.322 e. The van der Waals surface area contributed by atoms with E-state index in [1.807, 2.05) is 0 Å². The predicted molar refractivity (Wildman–Crippen MR) is 101 cm³/mol. The second-order valence-electron chi connectivity index (χ2n) is 7.93. The number of rotatable bonds is 3. The molecule has 6 nitrogen and oxygen atoms in total. The summed E-state index contributed by atoms with van der Waals surface area (Å²) in [6.45, 7) is 7.49. The summed E-state index contributed by atoms with van der Waals surface area (Å²) in [7, 11) is 0. The molecule has 0 saturated carbocycles. The molecule has 2 saturated heterocycles. The molecule has 2 N–H and O–H groups in total. The number of amides is 4. The van der Waals surface area contributed by atoms with Crippen molar-refractivity contribution in [1.29, 1.82) is 0 Å². The largest absolute Gasteiger partial charge is 0.342 e. The Morgan fingerprint density at radius 1 is 1.15 bits per heavy atom. The molecule has 2 fully saturated rings. The maximum absolute atomic E-state index is 12.5. The molecule has 7 heteroatoms. The van der Waals surface area contributed by atoms with Crippen LogP contribution in [0.5, 0.6) is 0 Å². The summed E-state index contributed by atoms with van der Waals surface area (Å²) in [6.07, 6.45) is 0.919. The molecule has 1 aromatic carbocycles. The number of carbonyl (C=O) groups is 3. The van der Waals surface area contributed by atoms with Crippen LogP contribution in [0.1, 0.15) is 39.2 Å². The normalized spacial score (nSPS) is 19.4. The van der Waals surface area contributed by atoms with Crippen LogP contribution in [0.4, 0.5) is 4.79 Å². The second-order valence-corrected chi connectivity index (χ2v) is 8.98. The molecule has 1 aromatic rings. The molecule has 0 unspecified atom stereocenters. The van der Waals surface area contributed by atoms with Gasteiger partial charge in [0.15, 0.2) is 0 Å². The Balaban J connectivity index is 1.50. The van der Waals surface area contributed by atoms with Gasteiger partial charge in [0.1, 0.15) is 5.54 Å². The fraction of sp³-hybridized carbons (Fsp3) is 0.526. The molecule has 140 valence electrons. The van der Waals surface area contributed by atoms with E-state index >= 15 is 0 Å². The van der Waals surface area contributed by atoms with Gasteiger partial charge < -0.3 is 10.2 Å². The Hall–Kier alpha value is -2.02. The molecule has 2 heterocycles. The van der Waals surface area contributed by atoms with Gasteiger partial charge in [0.25, 0.3) is 5.91 Å². The van der Waals surface area contributed by atoms with Gasteiger partial charge in [0, 0.05) is 18.0 Å². The van der Waals surface area contributed by atoms with Crippen LogP contribution in [0, 0.1) is 0 Å². The lowest BCUT2D eigenvalue weighted by molar-refractivity contribution is -0.133. The van der Waals surface area contributed by atoms with Gasteiger partial charge in [-0.25, -0.2) is 4.79 Å². The fourth-order valence-electron chi connectivity index (χ4n) is 3.31. The molecule has 0 aliphatic carbocycles. The zero-order valence-corrected chi connectivity index (χ0v) is 16.2. The van der Waals surface area contributed by atoms with Crippen LogP contribution in [0.3, 0.4) is 0 Å². The van der Waals surface area contributed by atoms with Gasteiger partial charge in [-0.15, -0.1) is 11.8 Å². The SMILES string of the molecule is CC(C)(C)c1ccc(SCC(=O)N2CCC3(CC2)NC(=O)NC3=O)cc1. The Morgan fingerprint density at radius 3 is 2.27 bits per heavy atom. The third kappa shape index (κ3) is 3.87. The lowest BCUT2D eigenvalue weighted by atomic mass is 9.87. The number of benzene rings is 1. The van der Waals surface area contributed by atoms with Crippen molar-refractivity contribution >= 4 is 29.6 Å². The van der Waals surface area contributed by atoms with E-state index in [4.69, 9.17) is 0 Å². The van der Waals surface area contributed by atoms with Crippen LogP contribution in [-0.4, -0.2) is 47.1 Å². The molecular weight excluding hydrogens is 350 g/mol. The highest BCUT2D eigenvalue weighted by Gasteiger charge is 2.48. The lowest BCUT2D eigenvalue weighted by Crippen LogP contribution is -2.56. The van der Waals surface area contributed by atoms with Crippen LogP contribution in [0.15, 0.2) is 29.2 Å². The molecule has 1 spiro atoms. The molecule has 0 radical (unpaired) electrons. The van der Waals surface area contributed by atoms with Crippen LogP contribution in [-0.2, 0) is 15.0 Å². The van der Waals surface area contributed by atoms with Crippen LogP contribution >= 0.6 is 11.8 Å². The Morgan fingerprint density at radius 2 is 1.77 bits per heavy atom. The number of nitrogens with zero attached hydrogens (tertiary/aromatic N) is 1. The van der Waals surface area contributed by atoms with Crippen molar-refractivity contribution in [2.24, 2.45) is 0 Å². The number of hydrogen-bond acceptors (Lipinski definition) is 4. The van der Waals surface area contributed by atoms with Crippen LogP contribution in [0.25, 0.3) is 0 Å². The first-order chi connectivity index (χ1) is 12.2. The summed E-state index contributed by atoms with van der Waals surface area (Å²) in [6, 6.07) is 7.89. The van der Waals surface area contributed by atoms with Gasteiger partial charge in [-0.1, -0.05) is 32.9 Å². The Bertz CT molecular complexity index is 717. The average molecular weight is 375 g/mol. The number of carbonyl (C=O) groups excluding carboxylic acids is 3. The van der Waals surface area contributed by atoms with Gasteiger partial charge in [-0.2, -0.15) is 0 Å². The van der Waals surface area contributed by atoms with E-state index in [0.29, 0.717) is 31.7 Å². The molecule has 4 amide bonds. The standard InChI is InChI=1S/C19H25N3O3S/c1-18(2,3)13-4-6-14(7-5-13)26-12-15(23)22-10-8-19(9-11-22)16(24)20-17(25)21-19/h4-7H,8-12H2,1-3H3,(H2,20,21,24,25). The van der Waals surface area contributed by atoms with Crippen LogP contribution in [0.2, 0.25) is 0 Å². The number of thioether (sulfide) groups is 1. The zero-order chi connectivity index (χ0) is 18.9. The third-order valence-electron chi connectivity index (χ3n) is 5.07. The molecule has 0 aromatic heterocycles. The van der Waals surface area contributed by atoms with Crippen molar-refractivity contribution in [3.8, 4) is 0 Å². The molecule has 0 bridgehead atoms. The first-order valence-electron chi connectivity index (χ1n) is 8.84. The highest BCUT2D eigenvalue weighted by molar-refractivity contribution is 8.00. The number of piperidine rings is 1. The van der Waals surface area contributed by atoms with Gasteiger partial charge in [0.05, 0.1) is 5.75 Å². The lowest BCUT2D eigenvalue weighted by Gasteiger charge is -2.36. The van der Waals surface area contributed by atoms with Crippen LogP contribution < -0.4 is 10.6 Å². The van der Waals surface area contributed by atoms with E-state index in [1.54, 1.807) is 4.90 Å². The molecule has 26 heavy (non-hydrogen) atoms. The monoisotopic (exact) mass is 375 g/mol. The fourth-order valence-corrected chi connectivity index (χ4v) is 4.11. The first-order valence-corrected chi connectivity index (χ1v) is 9.83. The summed E-state index contributed by atoms with van der Waals surface area (Å²) in [5.41, 5.74) is 0.556. The van der Waals surface area contributed by atoms with Crippen molar-refractivity contribution in [1.82, 2.24) is 15.5 Å². The first kappa shape index (κ1) is 18.8. The number of hydrogen-bond donors (Lipinski definition) is 2. The van der Waals surface area contributed by atoms with Crippen molar-refractivity contribution in [3.63, 3.8) is 0 Å². The van der Waals surface area contributed by atoms with Gasteiger partial charge in [0.2, 0.25) is 5.91 Å². The van der Waals surface area contributed by atoms with Crippen molar-refractivity contribution in [2.45, 2.75) is 49.5 Å². The topological polar surface area (TPSA) is 78.5 Å². The second kappa shape index (κ2) is 6.95. The summed E-state index contributed by atoms with van der Waals surface area (Å²) < 4.78 is 0. The van der Waals surface area contributed by atoms with E-state index in [-0.39, 0.29) is 17.2 Å². The van der Waals surface area contributed by atoms with Crippen molar-refractivity contribution in [3.05, 3.63) is 29.8 Å². The summed E-state index contributed by atoms with van der Waals surface area (Å²) >= 11 is 1.53. The van der Waals surface area contributed by atoms with E-state index in [2.05, 4.69) is 55.7 Å². The molecular formula is C19H25N3O3S. The minimum atomic E-state index is -0.830.